The molecule has 2 N–H and O–H groups in total. The summed E-state index contributed by atoms with van der Waals surface area (Å²) in [5, 5.41) is 6.69. The summed E-state index contributed by atoms with van der Waals surface area (Å²) in [4.78, 5) is 36.0. The van der Waals surface area contributed by atoms with Crippen molar-refractivity contribution in [3.63, 3.8) is 0 Å². The molecular weight excluding hydrogens is 386 g/mol. The van der Waals surface area contributed by atoms with Crippen molar-refractivity contribution < 1.29 is 23.9 Å². The fourth-order valence-corrected chi connectivity index (χ4v) is 2.47. The van der Waals surface area contributed by atoms with E-state index in [1.807, 2.05) is 19.9 Å². The molecule has 0 saturated heterocycles. The Bertz CT molecular complexity index is 897. The molecule has 0 spiro atoms. The van der Waals surface area contributed by atoms with Crippen LogP contribution in [0.2, 0.25) is 0 Å². The van der Waals surface area contributed by atoms with Gasteiger partial charge in [-0.25, -0.2) is 10.2 Å². The van der Waals surface area contributed by atoms with Crippen LogP contribution in [-0.4, -0.2) is 43.8 Å². The lowest BCUT2D eigenvalue weighted by molar-refractivity contribution is -0.142. The molecule has 158 valence electrons. The van der Waals surface area contributed by atoms with Gasteiger partial charge in [-0.3, -0.25) is 9.59 Å². The lowest BCUT2D eigenvalue weighted by Gasteiger charge is -2.20. The van der Waals surface area contributed by atoms with Crippen LogP contribution < -0.4 is 15.5 Å². The number of methoxy groups -OCH3 is 1. The van der Waals surface area contributed by atoms with Crippen molar-refractivity contribution in [1.29, 1.82) is 0 Å². The Morgan fingerprint density at radius 1 is 1.07 bits per heavy atom. The third kappa shape index (κ3) is 7.05. The minimum atomic E-state index is -0.746. The van der Waals surface area contributed by atoms with Crippen molar-refractivity contribution in [2.24, 2.45) is 11.0 Å². The van der Waals surface area contributed by atoms with Crippen molar-refractivity contribution in [3.8, 4) is 5.75 Å². The number of rotatable bonds is 9. The Morgan fingerprint density at radius 2 is 1.80 bits per heavy atom. The van der Waals surface area contributed by atoms with E-state index in [0.29, 0.717) is 16.9 Å². The minimum Gasteiger partial charge on any atom is -0.482 e. The van der Waals surface area contributed by atoms with Crippen LogP contribution >= 0.6 is 0 Å². The highest BCUT2D eigenvalue weighted by molar-refractivity contribution is 5.97. The van der Waals surface area contributed by atoms with Crippen molar-refractivity contribution in [1.82, 2.24) is 10.7 Å². The van der Waals surface area contributed by atoms with Gasteiger partial charge in [0.2, 0.25) is 0 Å². The normalized spacial score (nSPS) is 11.7. The molecule has 0 aliphatic rings. The molecule has 8 heteroatoms. The van der Waals surface area contributed by atoms with Gasteiger partial charge in [-0.1, -0.05) is 44.2 Å². The molecule has 0 aromatic heterocycles. The summed E-state index contributed by atoms with van der Waals surface area (Å²) in [6, 6.07) is 14.8. The van der Waals surface area contributed by atoms with E-state index in [4.69, 9.17) is 4.74 Å². The number of esters is 1. The predicted octanol–water partition coefficient (Wildman–Crippen LogP) is 2.14. The van der Waals surface area contributed by atoms with E-state index in [-0.39, 0.29) is 18.4 Å². The molecule has 30 heavy (non-hydrogen) atoms. The summed E-state index contributed by atoms with van der Waals surface area (Å²) in [6.45, 7) is 3.47. The number of nitrogens with zero attached hydrogens (tertiary/aromatic N) is 1. The summed E-state index contributed by atoms with van der Waals surface area (Å²) < 4.78 is 9.83. The fourth-order valence-electron chi connectivity index (χ4n) is 2.47. The van der Waals surface area contributed by atoms with Crippen LogP contribution in [0.1, 0.15) is 29.8 Å². The summed E-state index contributed by atoms with van der Waals surface area (Å²) in [5.74, 6) is -0.917. The van der Waals surface area contributed by atoms with Crippen molar-refractivity contribution in [3.05, 3.63) is 65.7 Å². The first-order valence-electron chi connectivity index (χ1n) is 9.39. The average molecular weight is 411 g/mol. The summed E-state index contributed by atoms with van der Waals surface area (Å²) >= 11 is 0. The smallest absolute Gasteiger partial charge is 0.343 e. The zero-order chi connectivity index (χ0) is 21.9. The van der Waals surface area contributed by atoms with E-state index in [2.05, 4.69) is 20.6 Å². The predicted molar refractivity (Wildman–Crippen MR) is 112 cm³/mol. The van der Waals surface area contributed by atoms with Crippen LogP contribution in [0.25, 0.3) is 0 Å². The lowest BCUT2D eigenvalue weighted by Crippen LogP contribution is -2.48. The van der Waals surface area contributed by atoms with Crippen LogP contribution in [0.15, 0.2) is 59.7 Å². The second kappa shape index (κ2) is 11.4. The lowest BCUT2D eigenvalue weighted by atomic mass is 10.0. The van der Waals surface area contributed by atoms with Gasteiger partial charge in [0, 0.05) is 5.56 Å². The minimum absolute atomic E-state index is 0.136. The molecule has 0 aliphatic carbocycles. The standard InChI is InChI=1S/C22H25N3O5/c1-15(2)20(24-21(27)17-9-5-4-6-10-17)22(28)25-23-13-16-8-7-11-18(12-16)30-14-19(26)29-3/h4-13,15,20H,14H2,1-3H3,(H,24,27)(H,25,28)/b23-13+. The number of amides is 2. The first kappa shape index (κ1) is 22.6. The van der Waals surface area contributed by atoms with Crippen LogP contribution in [0.3, 0.4) is 0 Å². The molecule has 1 unspecified atom stereocenters. The summed E-state index contributed by atoms with van der Waals surface area (Å²) in [5.41, 5.74) is 3.58. The van der Waals surface area contributed by atoms with Crippen molar-refractivity contribution in [2.75, 3.05) is 13.7 Å². The average Bonchev–Trinajstić information content (AvgIpc) is 2.76. The molecule has 2 amide bonds. The maximum atomic E-state index is 12.5. The Hall–Kier alpha value is -3.68. The number of hydrogen-bond donors (Lipinski definition) is 2. The van der Waals surface area contributed by atoms with Crippen LogP contribution in [-0.2, 0) is 14.3 Å². The molecule has 0 saturated carbocycles. The number of hydrazone groups is 1. The molecule has 1 atom stereocenters. The fraction of sp³-hybridized carbons (Fsp3) is 0.273. The number of ether oxygens (including phenoxy) is 2. The molecule has 2 aromatic carbocycles. The van der Waals surface area contributed by atoms with Gasteiger partial charge in [-0.2, -0.15) is 5.10 Å². The number of benzene rings is 2. The van der Waals surface area contributed by atoms with E-state index in [9.17, 15) is 14.4 Å². The monoisotopic (exact) mass is 411 g/mol. The highest BCUT2D eigenvalue weighted by Crippen LogP contribution is 2.12. The largest absolute Gasteiger partial charge is 0.482 e. The summed E-state index contributed by atoms with van der Waals surface area (Å²) in [7, 11) is 1.28. The zero-order valence-corrected chi connectivity index (χ0v) is 17.1. The highest BCUT2D eigenvalue weighted by atomic mass is 16.6. The topological polar surface area (TPSA) is 106 Å². The first-order valence-corrected chi connectivity index (χ1v) is 9.39. The van der Waals surface area contributed by atoms with E-state index in [0.717, 1.165) is 0 Å². The molecule has 0 fully saturated rings. The Labute approximate surface area is 175 Å². The van der Waals surface area contributed by atoms with Gasteiger partial charge in [0.05, 0.1) is 13.3 Å². The van der Waals surface area contributed by atoms with Crippen LogP contribution in [0, 0.1) is 5.92 Å². The summed E-state index contributed by atoms with van der Waals surface area (Å²) in [6.07, 6.45) is 1.44. The molecule has 2 aromatic rings. The van der Waals surface area contributed by atoms with Gasteiger partial charge in [0.15, 0.2) is 6.61 Å². The molecular formula is C22H25N3O5. The second-order valence-electron chi connectivity index (χ2n) is 6.73. The number of carbonyl (C=O) groups is 3. The van der Waals surface area contributed by atoms with Crippen LogP contribution in [0.4, 0.5) is 0 Å². The molecule has 0 radical (unpaired) electrons. The molecule has 2 rings (SSSR count). The van der Waals surface area contributed by atoms with Gasteiger partial charge in [0.1, 0.15) is 11.8 Å². The van der Waals surface area contributed by atoms with E-state index in [1.54, 1.807) is 48.5 Å². The third-order valence-corrected chi connectivity index (χ3v) is 4.10. The highest BCUT2D eigenvalue weighted by Gasteiger charge is 2.24. The zero-order valence-electron chi connectivity index (χ0n) is 17.1. The maximum absolute atomic E-state index is 12.5. The van der Waals surface area contributed by atoms with Crippen LogP contribution in [0.5, 0.6) is 5.75 Å². The Kier molecular flexibility index (Phi) is 8.56. The first-order chi connectivity index (χ1) is 14.4. The molecule has 0 bridgehead atoms. The van der Waals surface area contributed by atoms with Gasteiger partial charge < -0.3 is 14.8 Å². The van der Waals surface area contributed by atoms with Gasteiger partial charge >= 0.3 is 5.97 Å². The van der Waals surface area contributed by atoms with E-state index < -0.39 is 17.9 Å². The second-order valence-corrected chi connectivity index (χ2v) is 6.73. The number of hydrogen-bond acceptors (Lipinski definition) is 6. The SMILES string of the molecule is COC(=O)COc1cccc(/C=N/NC(=O)C(NC(=O)c2ccccc2)C(C)C)c1. The van der Waals surface area contributed by atoms with E-state index >= 15 is 0 Å². The number of carbonyl (C=O) groups excluding carboxylic acids is 3. The quantitative estimate of drug-likeness (QED) is 0.374. The Balaban J connectivity index is 1.95. The molecule has 0 heterocycles. The van der Waals surface area contributed by atoms with E-state index in [1.165, 1.54) is 13.3 Å². The van der Waals surface area contributed by atoms with Gasteiger partial charge in [-0.15, -0.1) is 0 Å². The number of nitrogens with one attached hydrogen (secondary N) is 2. The van der Waals surface area contributed by atoms with Crippen molar-refractivity contribution >= 4 is 24.0 Å². The molecule has 8 nitrogen and oxygen atoms in total. The van der Waals surface area contributed by atoms with Gasteiger partial charge in [0.25, 0.3) is 11.8 Å². The maximum Gasteiger partial charge on any atom is 0.343 e. The Morgan fingerprint density at radius 3 is 2.47 bits per heavy atom. The third-order valence-electron chi connectivity index (χ3n) is 4.10. The van der Waals surface area contributed by atoms with Crippen molar-refractivity contribution in [2.45, 2.75) is 19.9 Å². The van der Waals surface area contributed by atoms with Gasteiger partial charge in [-0.05, 0) is 35.7 Å². The molecule has 0 aliphatic heterocycles.